The van der Waals surface area contributed by atoms with Gasteiger partial charge in [0.15, 0.2) is 0 Å². The fourth-order valence-corrected chi connectivity index (χ4v) is 4.90. The summed E-state index contributed by atoms with van der Waals surface area (Å²) in [6.45, 7) is 17.6. The number of hydrogen-bond acceptors (Lipinski definition) is 0. The molecule has 2 rings (SSSR count). The maximum absolute atomic E-state index is 3.42. The van der Waals surface area contributed by atoms with Crippen molar-refractivity contribution >= 4 is 15.1 Å². The summed E-state index contributed by atoms with van der Waals surface area (Å²) >= 11 is 0. The third kappa shape index (κ3) is 6.98. The largest absolute Gasteiger partial charge is 4.00 e. The van der Waals surface area contributed by atoms with E-state index in [0.29, 0.717) is 0 Å². The van der Waals surface area contributed by atoms with Crippen LogP contribution in [-0.2, 0) is 39.5 Å². The van der Waals surface area contributed by atoms with Crippen molar-refractivity contribution in [2.24, 2.45) is 13.3 Å². The molecule has 0 spiro atoms. The monoisotopic (exact) mass is 438 g/mol. The number of hydrogen-bond donors (Lipinski definition) is 0. The summed E-state index contributed by atoms with van der Waals surface area (Å²) in [6, 6.07) is 0. The van der Waals surface area contributed by atoms with Crippen LogP contribution in [0.1, 0.15) is 32.8 Å². The first kappa shape index (κ1) is 26.9. The molecule has 2 heterocycles. The van der Waals surface area contributed by atoms with Gasteiger partial charge in [-0.3, -0.25) is 15.1 Å². The molecule has 2 aromatic rings. The standard InChI is InChI=1S/2C8H12P.2ClH.Zr/c2*1-6-5-9(4)8(3)7(6)2;;;/h2*1-4H3;2*1H;/q2*-1;;;+4/p-2. The van der Waals surface area contributed by atoms with Gasteiger partial charge in [-0.1, -0.05) is 41.5 Å². The first-order valence-corrected chi connectivity index (χ1v) is 9.87. The molecule has 0 amide bonds. The van der Waals surface area contributed by atoms with E-state index in [1.54, 1.807) is 10.6 Å². The fourth-order valence-electron chi connectivity index (χ4n) is 1.88. The molecule has 0 bridgehead atoms. The molecule has 2 aromatic heterocycles. The Bertz CT molecular complexity index is 462. The van der Waals surface area contributed by atoms with E-state index in [1.165, 1.54) is 22.3 Å². The molecule has 0 radical (unpaired) electrons. The van der Waals surface area contributed by atoms with E-state index < -0.39 is 0 Å². The minimum absolute atomic E-state index is 0. The summed E-state index contributed by atoms with van der Waals surface area (Å²) in [5, 5.41) is 3.09. The van der Waals surface area contributed by atoms with Crippen molar-refractivity contribution in [3.8, 4) is 0 Å². The SMILES string of the molecule is Cc1[c-]p(C)c(C)c1C.Cc1[c-]p(C)c(C)c1C.[Cl-].[Cl-].[Zr+4]. The first-order chi connectivity index (χ1) is 8.25. The average molecular weight is 440 g/mol. The zero-order valence-corrected chi connectivity index (χ0v) is 19.9. The van der Waals surface area contributed by atoms with E-state index in [9.17, 15) is 0 Å². The van der Waals surface area contributed by atoms with Gasteiger partial charge in [-0.25, -0.2) is 0 Å². The molecule has 21 heavy (non-hydrogen) atoms. The van der Waals surface area contributed by atoms with Gasteiger partial charge in [0.25, 0.3) is 0 Å². The van der Waals surface area contributed by atoms with Crippen LogP contribution < -0.4 is 24.8 Å². The Morgan fingerprint density at radius 1 is 0.619 bits per heavy atom. The van der Waals surface area contributed by atoms with E-state index in [0.717, 1.165) is 0 Å². The van der Waals surface area contributed by atoms with Gasteiger partial charge in [0.05, 0.1) is 0 Å². The molecule has 0 saturated heterocycles. The summed E-state index contributed by atoms with van der Waals surface area (Å²) < 4.78 is 0. The summed E-state index contributed by atoms with van der Waals surface area (Å²) in [5.74, 6) is 6.85. The van der Waals surface area contributed by atoms with Crippen molar-refractivity contribution in [1.82, 2.24) is 0 Å². The molecule has 0 saturated carbocycles. The molecule has 0 aliphatic heterocycles. The van der Waals surface area contributed by atoms with Crippen LogP contribution in [0.15, 0.2) is 0 Å². The van der Waals surface area contributed by atoms with Crippen molar-refractivity contribution in [2.75, 3.05) is 0 Å². The van der Waals surface area contributed by atoms with Gasteiger partial charge in [0.2, 0.25) is 0 Å². The fraction of sp³-hybridized carbons (Fsp3) is 0.500. The predicted octanol–water partition coefficient (Wildman–Crippen LogP) is -0.123. The molecule has 0 N–H and O–H groups in total. The molecule has 0 fully saturated rings. The molecule has 0 nitrogen and oxygen atoms in total. The van der Waals surface area contributed by atoms with Crippen molar-refractivity contribution in [1.29, 1.82) is 0 Å². The van der Waals surface area contributed by atoms with Crippen LogP contribution in [0.2, 0.25) is 0 Å². The molecule has 2 unspecified atom stereocenters. The number of aryl methyl sites for hydroxylation is 4. The van der Waals surface area contributed by atoms with Crippen molar-refractivity contribution < 1.29 is 51.0 Å². The van der Waals surface area contributed by atoms with E-state index in [4.69, 9.17) is 0 Å². The first-order valence-electron chi connectivity index (χ1n) is 6.29. The Kier molecular flexibility index (Phi) is 14.8. The van der Waals surface area contributed by atoms with Crippen molar-refractivity contribution in [3.05, 3.63) is 44.4 Å². The maximum atomic E-state index is 3.42. The second kappa shape index (κ2) is 11.5. The Morgan fingerprint density at radius 2 is 0.857 bits per heavy atom. The van der Waals surface area contributed by atoms with Crippen LogP contribution >= 0.6 is 15.1 Å². The van der Waals surface area contributed by atoms with Crippen molar-refractivity contribution in [2.45, 2.75) is 41.5 Å². The van der Waals surface area contributed by atoms with Gasteiger partial charge in [-0.2, -0.15) is 44.4 Å². The summed E-state index contributed by atoms with van der Waals surface area (Å²) in [6.07, 6.45) is 0. The maximum Gasteiger partial charge on any atom is 4.00 e. The smallest absolute Gasteiger partial charge is 1.00 e. The van der Waals surface area contributed by atoms with Crippen LogP contribution in [0.3, 0.4) is 0 Å². The molecule has 116 valence electrons. The normalized spacial score (nSPS) is 10.5. The molecule has 0 aliphatic rings. The molecular formula is C16H24Cl2P2Zr. The van der Waals surface area contributed by atoms with E-state index in [-0.39, 0.29) is 66.1 Å². The second-order valence-electron chi connectivity index (χ2n) is 5.01. The van der Waals surface area contributed by atoms with Crippen LogP contribution in [0.4, 0.5) is 0 Å². The van der Waals surface area contributed by atoms with Crippen LogP contribution in [0.25, 0.3) is 0 Å². The van der Waals surface area contributed by atoms with Crippen LogP contribution in [0, 0.1) is 53.1 Å². The average Bonchev–Trinajstić information content (AvgIpc) is 2.66. The van der Waals surface area contributed by atoms with Gasteiger partial charge in [-0.05, 0) is 13.3 Å². The molecule has 5 heteroatoms. The van der Waals surface area contributed by atoms with E-state index in [2.05, 4.69) is 66.5 Å². The van der Waals surface area contributed by atoms with Crippen molar-refractivity contribution in [3.63, 3.8) is 0 Å². The summed E-state index contributed by atoms with van der Waals surface area (Å²) in [5.41, 5.74) is 5.65. The summed E-state index contributed by atoms with van der Waals surface area (Å²) in [7, 11) is -0.0247. The molecule has 2 atom stereocenters. The molecule has 0 aromatic carbocycles. The summed E-state index contributed by atoms with van der Waals surface area (Å²) in [4.78, 5) is 0. The Hall–Kier alpha value is 1.02. The van der Waals surface area contributed by atoms with Crippen LogP contribution in [-0.4, -0.2) is 0 Å². The Morgan fingerprint density at radius 3 is 0.905 bits per heavy atom. The number of rotatable bonds is 0. The zero-order chi connectivity index (χ0) is 14.0. The van der Waals surface area contributed by atoms with Gasteiger partial charge in [-0.15, -0.1) is 0 Å². The second-order valence-corrected chi connectivity index (χ2v) is 9.04. The minimum atomic E-state index is -0.0123. The molecule has 0 aliphatic carbocycles. The van der Waals surface area contributed by atoms with Gasteiger partial charge in [0, 0.05) is 0 Å². The quantitative estimate of drug-likeness (QED) is 0.502. The van der Waals surface area contributed by atoms with Gasteiger partial charge in [0.1, 0.15) is 0 Å². The third-order valence-electron chi connectivity index (χ3n) is 3.89. The van der Waals surface area contributed by atoms with Gasteiger partial charge >= 0.3 is 26.2 Å². The Labute approximate surface area is 164 Å². The molecular weight excluding hydrogens is 416 g/mol. The van der Waals surface area contributed by atoms with E-state index >= 15 is 0 Å². The predicted molar refractivity (Wildman–Crippen MR) is 86.4 cm³/mol. The minimum Gasteiger partial charge on any atom is -1.00 e. The number of halogens is 2. The third-order valence-corrected chi connectivity index (χ3v) is 7.91. The zero-order valence-electron chi connectivity index (χ0n) is 14.2. The topological polar surface area (TPSA) is 0 Å². The van der Waals surface area contributed by atoms with E-state index in [1.807, 2.05) is 0 Å². The van der Waals surface area contributed by atoms with Gasteiger partial charge < -0.3 is 24.8 Å². The Balaban J connectivity index is -0.000000270. The van der Waals surface area contributed by atoms with Crippen LogP contribution in [0.5, 0.6) is 0 Å².